The molecule has 0 saturated carbocycles. The molecule has 2 fully saturated rings. The van der Waals surface area contributed by atoms with E-state index in [1.807, 2.05) is 6.07 Å². The number of carbonyl (C=O) groups is 3. The molecule has 1 aromatic heterocycles. The Hall–Kier alpha value is -3.80. The molecule has 3 amide bonds. The Labute approximate surface area is 245 Å². The van der Waals surface area contributed by atoms with Gasteiger partial charge in [0.1, 0.15) is 23.8 Å². The number of hydrogen-bond acceptors (Lipinski definition) is 7. The molecule has 4 rings (SSSR count). The number of ether oxygens (including phenoxy) is 1. The number of rotatable bonds is 10. The van der Waals surface area contributed by atoms with Crippen molar-refractivity contribution in [2.75, 3.05) is 31.1 Å². The first-order valence-corrected chi connectivity index (χ1v) is 14.4. The van der Waals surface area contributed by atoms with Crippen LogP contribution in [-0.4, -0.2) is 78.1 Å². The van der Waals surface area contributed by atoms with Crippen molar-refractivity contribution < 1.29 is 27.9 Å². The summed E-state index contributed by atoms with van der Waals surface area (Å²) in [6.07, 6.45) is 2.37. The quantitative estimate of drug-likeness (QED) is 0.365. The van der Waals surface area contributed by atoms with Gasteiger partial charge in [0.2, 0.25) is 5.91 Å². The van der Waals surface area contributed by atoms with E-state index in [1.54, 1.807) is 48.8 Å². The highest BCUT2D eigenvalue weighted by molar-refractivity contribution is 5.94. The predicted molar refractivity (Wildman–Crippen MR) is 154 cm³/mol. The van der Waals surface area contributed by atoms with Crippen LogP contribution in [0.3, 0.4) is 0 Å². The normalized spacial score (nSPS) is 20.5. The standard InChI is InChI=1S/C30H40F2N6O4/c1-30(2,3)42-29(41)36-19-27(39)37-15-5-8-23(37)18-35-28(40)21-9-11-26(34-17-21)38-24(32)10-12-25(38)33-14-13-20-6-4-7-22(31)16-20/h4,6-7,9,11,16-17,23-25,33H,5,8,10,12-15,18-19H2,1-3H3,(H,35,40)(H,36,41)/t23-,24?,25?/m1/s1. The minimum absolute atomic E-state index is 0.183. The number of pyridine rings is 1. The van der Waals surface area contributed by atoms with E-state index in [-0.39, 0.29) is 42.9 Å². The summed E-state index contributed by atoms with van der Waals surface area (Å²) in [5.74, 6) is -0.448. The SMILES string of the molecule is CC(C)(C)OC(=O)NCC(=O)N1CCC[C@@H]1CNC(=O)c1ccc(N2C(F)CCC2NCCc2cccc(F)c2)nc1. The number of alkyl halides is 1. The predicted octanol–water partition coefficient (Wildman–Crippen LogP) is 3.52. The van der Waals surface area contributed by atoms with Gasteiger partial charge >= 0.3 is 6.09 Å². The lowest BCUT2D eigenvalue weighted by atomic mass is 10.1. The second kappa shape index (κ2) is 13.9. The van der Waals surface area contributed by atoms with Gasteiger partial charge < -0.3 is 25.2 Å². The van der Waals surface area contributed by atoms with Crippen LogP contribution >= 0.6 is 0 Å². The van der Waals surface area contributed by atoms with Crippen LogP contribution in [0, 0.1) is 5.82 Å². The Bertz CT molecular complexity index is 1240. The van der Waals surface area contributed by atoms with Gasteiger partial charge in [0, 0.05) is 38.3 Å². The molecule has 2 aromatic rings. The van der Waals surface area contributed by atoms with Gasteiger partial charge in [-0.2, -0.15) is 0 Å². The monoisotopic (exact) mass is 586 g/mol. The Morgan fingerprint density at radius 3 is 2.62 bits per heavy atom. The number of nitrogens with zero attached hydrogens (tertiary/aromatic N) is 3. The molecule has 42 heavy (non-hydrogen) atoms. The molecule has 3 atom stereocenters. The maximum Gasteiger partial charge on any atom is 0.408 e. The second-order valence-electron chi connectivity index (χ2n) is 11.6. The number of anilines is 1. The fourth-order valence-corrected chi connectivity index (χ4v) is 5.27. The van der Waals surface area contributed by atoms with Gasteiger partial charge in [-0.15, -0.1) is 0 Å². The van der Waals surface area contributed by atoms with Gasteiger partial charge in [-0.25, -0.2) is 18.6 Å². The lowest BCUT2D eigenvalue weighted by Gasteiger charge is -2.28. The summed E-state index contributed by atoms with van der Waals surface area (Å²) in [5.41, 5.74) is 0.526. The molecule has 3 N–H and O–H groups in total. The fourth-order valence-electron chi connectivity index (χ4n) is 5.27. The number of hydrogen-bond donors (Lipinski definition) is 3. The zero-order valence-corrected chi connectivity index (χ0v) is 24.4. The molecule has 2 aliphatic heterocycles. The molecule has 3 heterocycles. The van der Waals surface area contributed by atoms with Crippen molar-refractivity contribution >= 4 is 23.7 Å². The highest BCUT2D eigenvalue weighted by atomic mass is 19.1. The first-order valence-electron chi connectivity index (χ1n) is 14.4. The van der Waals surface area contributed by atoms with E-state index in [4.69, 9.17) is 4.74 Å². The van der Waals surface area contributed by atoms with Crippen LogP contribution in [0.1, 0.15) is 62.4 Å². The number of halogens is 2. The van der Waals surface area contributed by atoms with Crippen molar-refractivity contribution in [3.63, 3.8) is 0 Å². The average molecular weight is 587 g/mol. The van der Waals surface area contributed by atoms with E-state index in [0.29, 0.717) is 43.7 Å². The number of likely N-dealkylation sites (tertiary alicyclic amines) is 1. The molecule has 1 aromatic carbocycles. The highest BCUT2D eigenvalue weighted by Gasteiger charge is 2.34. The third-order valence-corrected chi connectivity index (χ3v) is 7.25. The second-order valence-corrected chi connectivity index (χ2v) is 11.6. The maximum absolute atomic E-state index is 14.8. The third-order valence-electron chi connectivity index (χ3n) is 7.25. The molecule has 0 bridgehead atoms. The summed E-state index contributed by atoms with van der Waals surface area (Å²) in [5, 5.41) is 8.69. The van der Waals surface area contributed by atoms with E-state index in [0.717, 1.165) is 18.4 Å². The van der Waals surface area contributed by atoms with Crippen LogP contribution in [0.15, 0.2) is 42.6 Å². The van der Waals surface area contributed by atoms with Crippen molar-refractivity contribution in [3.05, 3.63) is 59.5 Å². The summed E-state index contributed by atoms with van der Waals surface area (Å²) in [6, 6.07) is 9.46. The fraction of sp³-hybridized carbons (Fsp3) is 0.533. The van der Waals surface area contributed by atoms with Crippen molar-refractivity contribution in [2.24, 2.45) is 0 Å². The van der Waals surface area contributed by atoms with E-state index < -0.39 is 18.0 Å². The molecule has 10 nitrogen and oxygen atoms in total. The van der Waals surface area contributed by atoms with Crippen LogP contribution < -0.4 is 20.9 Å². The minimum atomic E-state index is -1.21. The van der Waals surface area contributed by atoms with Gasteiger partial charge in [0.05, 0.1) is 11.7 Å². The summed E-state index contributed by atoms with van der Waals surface area (Å²) < 4.78 is 33.4. The molecule has 2 unspecified atom stereocenters. The molecule has 228 valence electrons. The maximum atomic E-state index is 14.8. The smallest absolute Gasteiger partial charge is 0.408 e. The molecule has 12 heteroatoms. The van der Waals surface area contributed by atoms with Crippen LogP contribution in [0.25, 0.3) is 0 Å². The molecule has 0 radical (unpaired) electrons. The number of carbonyl (C=O) groups excluding carboxylic acids is 3. The molecule has 0 aliphatic carbocycles. The van der Waals surface area contributed by atoms with Gasteiger partial charge in [0.15, 0.2) is 6.30 Å². The summed E-state index contributed by atoms with van der Waals surface area (Å²) in [7, 11) is 0. The van der Waals surface area contributed by atoms with Crippen molar-refractivity contribution in [1.29, 1.82) is 0 Å². The van der Waals surface area contributed by atoms with Gasteiger partial charge in [-0.1, -0.05) is 12.1 Å². The number of benzene rings is 1. The first-order chi connectivity index (χ1) is 20.0. The summed E-state index contributed by atoms with van der Waals surface area (Å²) >= 11 is 0. The zero-order valence-electron chi connectivity index (χ0n) is 24.4. The van der Waals surface area contributed by atoms with Crippen molar-refractivity contribution in [3.8, 4) is 0 Å². The van der Waals surface area contributed by atoms with Crippen LogP contribution in [0.2, 0.25) is 0 Å². The Kier molecular flexibility index (Phi) is 10.3. The zero-order chi connectivity index (χ0) is 30.3. The van der Waals surface area contributed by atoms with Gasteiger partial charge in [0.25, 0.3) is 5.91 Å². The lowest BCUT2D eigenvalue weighted by Crippen LogP contribution is -2.47. The van der Waals surface area contributed by atoms with E-state index in [2.05, 4.69) is 20.9 Å². The van der Waals surface area contributed by atoms with E-state index in [9.17, 15) is 23.2 Å². The molecule has 2 saturated heterocycles. The van der Waals surface area contributed by atoms with E-state index >= 15 is 0 Å². The number of nitrogens with one attached hydrogen (secondary N) is 3. The first kappa shape index (κ1) is 31.1. The number of alkyl carbamates (subject to hydrolysis) is 1. The molecular formula is C30H40F2N6O4. The molecule has 0 spiro atoms. The summed E-state index contributed by atoms with van der Waals surface area (Å²) in [6.45, 7) is 6.40. The summed E-state index contributed by atoms with van der Waals surface area (Å²) in [4.78, 5) is 45.0. The number of amides is 3. The topological polar surface area (TPSA) is 116 Å². The number of aromatic nitrogens is 1. The van der Waals surface area contributed by atoms with Crippen LogP contribution in [-0.2, 0) is 16.0 Å². The van der Waals surface area contributed by atoms with Gasteiger partial charge in [-0.05, 0) is 76.3 Å². The lowest BCUT2D eigenvalue weighted by molar-refractivity contribution is -0.131. The van der Waals surface area contributed by atoms with Crippen LogP contribution in [0.4, 0.5) is 19.4 Å². The largest absolute Gasteiger partial charge is 0.444 e. The van der Waals surface area contributed by atoms with Crippen LogP contribution in [0.5, 0.6) is 0 Å². The van der Waals surface area contributed by atoms with Crippen molar-refractivity contribution in [1.82, 2.24) is 25.8 Å². The highest BCUT2D eigenvalue weighted by Crippen LogP contribution is 2.29. The third kappa shape index (κ3) is 8.60. The molecule has 2 aliphatic rings. The van der Waals surface area contributed by atoms with E-state index in [1.165, 1.54) is 18.3 Å². The Balaban J connectivity index is 1.26. The Morgan fingerprint density at radius 1 is 1.10 bits per heavy atom. The average Bonchev–Trinajstić information content (AvgIpc) is 3.56. The minimum Gasteiger partial charge on any atom is -0.444 e. The Morgan fingerprint density at radius 2 is 1.90 bits per heavy atom. The molecular weight excluding hydrogens is 546 g/mol. The van der Waals surface area contributed by atoms with Crippen molar-refractivity contribution in [2.45, 2.75) is 77.0 Å². The van der Waals surface area contributed by atoms with Gasteiger partial charge in [-0.3, -0.25) is 14.9 Å².